The Kier molecular flexibility index (Phi) is 2.72. The molecular weight excluding hydrogens is 208 g/mol. The van der Waals surface area contributed by atoms with Gasteiger partial charge in [-0.2, -0.15) is 0 Å². The second kappa shape index (κ2) is 3.87. The molecule has 3 N–H and O–H groups in total. The molecule has 0 saturated heterocycles. The van der Waals surface area contributed by atoms with Crippen molar-refractivity contribution < 1.29 is 17.7 Å². The van der Waals surface area contributed by atoms with Crippen molar-refractivity contribution >= 4 is 10.9 Å². The number of aromatic amines is 1. The Morgan fingerprint density at radius 3 is 3.13 bits per heavy atom. The van der Waals surface area contributed by atoms with Gasteiger partial charge in [-0.25, -0.2) is 0 Å². The molecule has 0 radical (unpaired) electrons. The Balaban J connectivity index is 0.000000853. The van der Waals surface area contributed by atoms with Crippen molar-refractivity contribution in [1.82, 2.24) is 4.98 Å². The maximum Gasteiger partial charge on any atom is 0.109 e. The van der Waals surface area contributed by atoms with Crippen LogP contribution in [0, 0.1) is 0 Å². The SMILES string of the molecule is CC1[NH2+]CCc2c[nH]c3cccc1c23.[Cl-]. The van der Waals surface area contributed by atoms with Crippen LogP contribution in [0.3, 0.4) is 0 Å². The summed E-state index contributed by atoms with van der Waals surface area (Å²) in [5.74, 6) is 0. The van der Waals surface area contributed by atoms with Crippen molar-refractivity contribution in [2.24, 2.45) is 0 Å². The fourth-order valence-corrected chi connectivity index (χ4v) is 2.48. The summed E-state index contributed by atoms with van der Waals surface area (Å²) in [6, 6.07) is 7.16. The van der Waals surface area contributed by atoms with Crippen LogP contribution in [0.25, 0.3) is 10.9 Å². The minimum absolute atomic E-state index is 0. The topological polar surface area (TPSA) is 32.4 Å². The molecular formula is C12H15ClN2. The number of rotatable bonds is 0. The molecule has 15 heavy (non-hydrogen) atoms. The van der Waals surface area contributed by atoms with Crippen LogP contribution in [-0.2, 0) is 6.42 Å². The smallest absolute Gasteiger partial charge is 0.109 e. The minimum atomic E-state index is 0. The Bertz CT molecular complexity index is 475. The van der Waals surface area contributed by atoms with Gasteiger partial charge in [0.2, 0.25) is 0 Å². The zero-order chi connectivity index (χ0) is 9.54. The van der Waals surface area contributed by atoms with E-state index < -0.39 is 0 Å². The first kappa shape index (κ1) is 10.5. The first-order chi connectivity index (χ1) is 6.86. The van der Waals surface area contributed by atoms with Gasteiger partial charge in [0.25, 0.3) is 0 Å². The summed E-state index contributed by atoms with van der Waals surface area (Å²) in [6.07, 6.45) is 3.35. The van der Waals surface area contributed by atoms with E-state index in [0.717, 1.165) is 0 Å². The molecule has 2 aromatic rings. The van der Waals surface area contributed by atoms with Gasteiger partial charge < -0.3 is 22.7 Å². The molecule has 2 nitrogen and oxygen atoms in total. The maximum absolute atomic E-state index is 3.35. The van der Waals surface area contributed by atoms with Crippen LogP contribution in [0.2, 0.25) is 0 Å². The molecule has 0 fully saturated rings. The van der Waals surface area contributed by atoms with Gasteiger partial charge in [-0.3, -0.25) is 0 Å². The molecule has 1 aliphatic heterocycles. The van der Waals surface area contributed by atoms with Gasteiger partial charge in [-0.1, -0.05) is 12.1 Å². The van der Waals surface area contributed by atoms with Crippen LogP contribution in [0.4, 0.5) is 0 Å². The predicted molar refractivity (Wildman–Crippen MR) is 57.2 cm³/mol. The van der Waals surface area contributed by atoms with Crippen LogP contribution in [0.15, 0.2) is 24.4 Å². The van der Waals surface area contributed by atoms with E-state index in [1.807, 2.05) is 0 Å². The molecule has 0 amide bonds. The van der Waals surface area contributed by atoms with E-state index in [4.69, 9.17) is 0 Å². The number of nitrogens with one attached hydrogen (secondary N) is 1. The summed E-state index contributed by atoms with van der Waals surface area (Å²) in [5.41, 5.74) is 4.26. The van der Waals surface area contributed by atoms with Gasteiger partial charge in [0.05, 0.1) is 6.54 Å². The average molecular weight is 223 g/mol. The Hall–Kier alpha value is -0.990. The van der Waals surface area contributed by atoms with Crippen molar-refractivity contribution in [2.75, 3.05) is 6.54 Å². The van der Waals surface area contributed by atoms with Crippen molar-refractivity contribution in [3.8, 4) is 0 Å². The Morgan fingerprint density at radius 1 is 1.40 bits per heavy atom. The molecule has 0 saturated carbocycles. The summed E-state index contributed by atoms with van der Waals surface area (Å²) < 4.78 is 0. The van der Waals surface area contributed by atoms with Gasteiger partial charge in [0.1, 0.15) is 6.04 Å². The second-order valence-corrected chi connectivity index (χ2v) is 4.15. The first-order valence-electron chi connectivity index (χ1n) is 5.28. The summed E-state index contributed by atoms with van der Waals surface area (Å²) >= 11 is 0. The zero-order valence-corrected chi connectivity index (χ0v) is 9.51. The van der Waals surface area contributed by atoms with Gasteiger partial charge in [-0.05, 0) is 18.6 Å². The molecule has 3 rings (SSSR count). The van der Waals surface area contributed by atoms with E-state index in [9.17, 15) is 0 Å². The zero-order valence-electron chi connectivity index (χ0n) is 8.76. The molecule has 1 aliphatic rings. The third-order valence-corrected chi connectivity index (χ3v) is 3.24. The Morgan fingerprint density at radius 2 is 2.27 bits per heavy atom. The molecule has 80 valence electrons. The lowest BCUT2D eigenvalue weighted by Crippen LogP contribution is -3.00. The fourth-order valence-electron chi connectivity index (χ4n) is 2.48. The standard InChI is InChI=1S/C12H14N2.ClH/c1-8-10-3-2-4-11-12(10)9(7-14-11)5-6-13-8;/h2-4,7-8,13-14H,5-6H2,1H3;1H. The summed E-state index contributed by atoms with van der Waals surface area (Å²) in [5, 5.41) is 3.89. The molecule has 1 aromatic carbocycles. The average Bonchev–Trinajstić information content (AvgIpc) is 2.53. The van der Waals surface area contributed by atoms with Crippen LogP contribution in [0.1, 0.15) is 24.1 Å². The van der Waals surface area contributed by atoms with Crippen LogP contribution in [-0.4, -0.2) is 11.5 Å². The van der Waals surface area contributed by atoms with Crippen molar-refractivity contribution in [3.05, 3.63) is 35.5 Å². The molecule has 3 heteroatoms. The quantitative estimate of drug-likeness (QED) is 0.536. The minimum Gasteiger partial charge on any atom is -1.00 e. The van der Waals surface area contributed by atoms with Gasteiger partial charge in [-0.15, -0.1) is 0 Å². The normalized spacial score (nSPS) is 19.7. The third-order valence-electron chi connectivity index (χ3n) is 3.24. The van der Waals surface area contributed by atoms with E-state index in [1.54, 1.807) is 0 Å². The largest absolute Gasteiger partial charge is 1.00 e. The van der Waals surface area contributed by atoms with E-state index in [0.29, 0.717) is 6.04 Å². The summed E-state index contributed by atoms with van der Waals surface area (Å²) in [7, 11) is 0. The van der Waals surface area contributed by atoms with Gasteiger partial charge in [0.15, 0.2) is 0 Å². The number of quaternary nitrogens is 1. The number of hydrogen-bond donors (Lipinski definition) is 2. The highest BCUT2D eigenvalue weighted by molar-refractivity contribution is 5.87. The van der Waals surface area contributed by atoms with Crippen LogP contribution >= 0.6 is 0 Å². The molecule has 2 heterocycles. The number of nitrogens with two attached hydrogens (primary N) is 1. The third kappa shape index (κ3) is 1.54. The summed E-state index contributed by atoms with van der Waals surface area (Å²) in [4.78, 5) is 3.35. The number of halogens is 1. The number of hydrogen-bond acceptors (Lipinski definition) is 0. The molecule has 0 aliphatic carbocycles. The molecule has 1 unspecified atom stereocenters. The molecule has 1 atom stereocenters. The monoisotopic (exact) mass is 222 g/mol. The predicted octanol–water partition coefficient (Wildman–Crippen LogP) is -1.65. The maximum atomic E-state index is 3.35. The van der Waals surface area contributed by atoms with Crippen LogP contribution in [0.5, 0.6) is 0 Å². The van der Waals surface area contributed by atoms with Gasteiger partial charge in [0, 0.05) is 29.1 Å². The number of H-pyrrole nitrogens is 1. The van der Waals surface area contributed by atoms with E-state index in [1.165, 1.54) is 35.0 Å². The highest BCUT2D eigenvalue weighted by Gasteiger charge is 2.19. The van der Waals surface area contributed by atoms with Gasteiger partial charge >= 0.3 is 0 Å². The lowest BCUT2D eigenvalue weighted by Gasteiger charge is -2.08. The second-order valence-electron chi connectivity index (χ2n) is 4.15. The lowest BCUT2D eigenvalue weighted by molar-refractivity contribution is -0.691. The lowest BCUT2D eigenvalue weighted by atomic mass is 10.0. The molecule has 0 bridgehead atoms. The van der Waals surface area contributed by atoms with E-state index in [-0.39, 0.29) is 12.4 Å². The number of benzene rings is 1. The van der Waals surface area contributed by atoms with E-state index in [2.05, 4.69) is 41.6 Å². The number of aromatic nitrogens is 1. The first-order valence-corrected chi connectivity index (χ1v) is 5.28. The molecule has 1 aromatic heterocycles. The highest BCUT2D eigenvalue weighted by Crippen LogP contribution is 2.27. The summed E-state index contributed by atoms with van der Waals surface area (Å²) in [6.45, 7) is 3.49. The van der Waals surface area contributed by atoms with Crippen molar-refractivity contribution in [3.63, 3.8) is 0 Å². The highest BCUT2D eigenvalue weighted by atomic mass is 35.5. The van der Waals surface area contributed by atoms with E-state index >= 15 is 0 Å². The Labute approximate surface area is 95.5 Å². The van der Waals surface area contributed by atoms with Crippen molar-refractivity contribution in [1.29, 1.82) is 0 Å². The van der Waals surface area contributed by atoms with Crippen LogP contribution < -0.4 is 17.7 Å². The molecule has 0 spiro atoms. The van der Waals surface area contributed by atoms with Crippen molar-refractivity contribution in [2.45, 2.75) is 19.4 Å². The fraction of sp³-hybridized carbons (Fsp3) is 0.333.